The Kier molecular flexibility index (Phi) is 4.43. The maximum Gasteiger partial charge on any atom is 0.339 e. The van der Waals surface area contributed by atoms with Gasteiger partial charge in [-0.05, 0) is 36.6 Å². The van der Waals surface area contributed by atoms with Crippen molar-refractivity contribution in [2.75, 3.05) is 6.61 Å². The highest BCUT2D eigenvalue weighted by Gasteiger charge is 2.19. The number of rotatable bonds is 4. The molecule has 1 unspecified atom stereocenters. The van der Waals surface area contributed by atoms with Gasteiger partial charge < -0.3 is 9.84 Å². The van der Waals surface area contributed by atoms with Crippen molar-refractivity contribution < 1.29 is 19.0 Å². The number of hydrogen-bond acceptors (Lipinski definition) is 3. The fourth-order valence-corrected chi connectivity index (χ4v) is 1.39. The first-order chi connectivity index (χ1) is 7.58. The Hall–Kier alpha value is -1.42. The maximum absolute atomic E-state index is 13.2. The number of benzene rings is 1. The Morgan fingerprint density at radius 2 is 2.12 bits per heavy atom. The van der Waals surface area contributed by atoms with Gasteiger partial charge in [0.2, 0.25) is 0 Å². The number of halogens is 1. The second kappa shape index (κ2) is 5.61. The zero-order valence-corrected chi connectivity index (χ0v) is 9.37. The first-order valence-electron chi connectivity index (χ1n) is 5.22. The molecular weight excluding hydrogens is 211 g/mol. The van der Waals surface area contributed by atoms with Crippen LogP contribution in [-0.4, -0.2) is 17.7 Å². The predicted octanol–water partition coefficient (Wildman–Crippen LogP) is 1.98. The van der Waals surface area contributed by atoms with Crippen LogP contribution in [0.3, 0.4) is 0 Å². The van der Waals surface area contributed by atoms with Gasteiger partial charge in [-0.3, -0.25) is 0 Å². The molecule has 4 heteroatoms. The van der Waals surface area contributed by atoms with Crippen molar-refractivity contribution >= 4 is 5.97 Å². The molecule has 0 spiro atoms. The lowest BCUT2D eigenvalue weighted by molar-refractivity contribution is -0.153. The third-order valence-electron chi connectivity index (χ3n) is 2.21. The van der Waals surface area contributed by atoms with E-state index in [1.54, 1.807) is 13.0 Å². The fourth-order valence-electron chi connectivity index (χ4n) is 1.39. The van der Waals surface area contributed by atoms with Crippen LogP contribution in [0.5, 0.6) is 0 Å². The monoisotopic (exact) mass is 226 g/mol. The van der Waals surface area contributed by atoms with E-state index < -0.39 is 17.9 Å². The molecule has 0 fully saturated rings. The van der Waals surface area contributed by atoms with Crippen molar-refractivity contribution in [3.63, 3.8) is 0 Å². The maximum atomic E-state index is 13.2. The number of carbonyl (C=O) groups is 1. The Bertz CT molecular complexity index is 377. The van der Waals surface area contributed by atoms with Crippen LogP contribution in [0.25, 0.3) is 0 Å². The summed E-state index contributed by atoms with van der Waals surface area (Å²) in [6.07, 6.45) is -0.777. The van der Waals surface area contributed by atoms with E-state index in [-0.39, 0.29) is 12.2 Å². The van der Waals surface area contributed by atoms with Crippen LogP contribution in [0.2, 0.25) is 0 Å². The molecule has 0 saturated heterocycles. The quantitative estimate of drug-likeness (QED) is 0.798. The number of hydrogen-bond donors (Lipinski definition) is 1. The highest BCUT2D eigenvalue weighted by Crippen LogP contribution is 2.18. The summed E-state index contributed by atoms with van der Waals surface area (Å²) in [5.74, 6) is -1.21. The van der Waals surface area contributed by atoms with Gasteiger partial charge in [0.1, 0.15) is 5.82 Å². The highest BCUT2D eigenvalue weighted by atomic mass is 19.1. The number of aliphatic hydroxyl groups is 1. The first-order valence-corrected chi connectivity index (χ1v) is 5.22. The average Bonchev–Trinajstić information content (AvgIpc) is 2.27. The molecular formula is C12H15FO3. The number of esters is 1. The van der Waals surface area contributed by atoms with Gasteiger partial charge in [-0.25, -0.2) is 9.18 Å². The third kappa shape index (κ3) is 3.03. The lowest BCUT2D eigenvalue weighted by Gasteiger charge is -2.11. The van der Waals surface area contributed by atoms with Crippen molar-refractivity contribution in [2.45, 2.75) is 26.4 Å². The van der Waals surface area contributed by atoms with Crippen molar-refractivity contribution in [2.24, 2.45) is 0 Å². The van der Waals surface area contributed by atoms with Gasteiger partial charge in [-0.2, -0.15) is 0 Å². The van der Waals surface area contributed by atoms with Gasteiger partial charge in [0.15, 0.2) is 6.10 Å². The van der Waals surface area contributed by atoms with E-state index in [1.807, 2.05) is 6.92 Å². The molecule has 1 N–H and O–H groups in total. The first kappa shape index (κ1) is 12.6. The lowest BCUT2D eigenvalue weighted by atomic mass is 10.0. The Labute approximate surface area is 93.9 Å². The SMILES string of the molecule is CCOC(=O)C(O)c1cc(F)cc(CC)c1. The van der Waals surface area contributed by atoms with Crippen LogP contribution in [0.15, 0.2) is 18.2 Å². The van der Waals surface area contributed by atoms with Crippen LogP contribution in [0.4, 0.5) is 4.39 Å². The van der Waals surface area contributed by atoms with Gasteiger partial charge in [-0.1, -0.05) is 13.0 Å². The second-order valence-electron chi connectivity index (χ2n) is 3.40. The van der Waals surface area contributed by atoms with Crippen LogP contribution >= 0.6 is 0 Å². The second-order valence-corrected chi connectivity index (χ2v) is 3.40. The number of carbonyl (C=O) groups excluding carboxylic acids is 1. The van der Waals surface area contributed by atoms with E-state index in [0.717, 1.165) is 11.6 Å². The molecule has 1 atom stereocenters. The van der Waals surface area contributed by atoms with Gasteiger partial charge in [-0.15, -0.1) is 0 Å². The summed E-state index contributed by atoms with van der Waals surface area (Å²) in [6.45, 7) is 3.70. The minimum atomic E-state index is -1.42. The topological polar surface area (TPSA) is 46.5 Å². The largest absolute Gasteiger partial charge is 0.464 e. The molecule has 0 aromatic heterocycles. The fraction of sp³-hybridized carbons (Fsp3) is 0.417. The van der Waals surface area contributed by atoms with Gasteiger partial charge in [0.25, 0.3) is 0 Å². The normalized spacial score (nSPS) is 12.2. The summed E-state index contributed by atoms with van der Waals surface area (Å²) in [5, 5.41) is 9.62. The zero-order chi connectivity index (χ0) is 12.1. The minimum absolute atomic E-state index is 0.186. The molecule has 0 bridgehead atoms. The number of ether oxygens (including phenoxy) is 1. The summed E-state index contributed by atoms with van der Waals surface area (Å²) >= 11 is 0. The van der Waals surface area contributed by atoms with E-state index in [0.29, 0.717) is 6.42 Å². The molecule has 0 amide bonds. The molecule has 0 radical (unpaired) electrons. The average molecular weight is 226 g/mol. The van der Waals surface area contributed by atoms with Crippen LogP contribution in [0, 0.1) is 5.82 Å². The molecule has 0 saturated carbocycles. The molecule has 16 heavy (non-hydrogen) atoms. The van der Waals surface area contributed by atoms with E-state index in [1.165, 1.54) is 6.07 Å². The zero-order valence-electron chi connectivity index (χ0n) is 9.37. The van der Waals surface area contributed by atoms with E-state index in [4.69, 9.17) is 0 Å². The summed E-state index contributed by atoms with van der Waals surface area (Å²) in [7, 11) is 0. The highest BCUT2D eigenvalue weighted by molar-refractivity contribution is 5.76. The lowest BCUT2D eigenvalue weighted by Crippen LogP contribution is -2.15. The minimum Gasteiger partial charge on any atom is -0.464 e. The Morgan fingerprint density at radius 3 is 2.69 bits per heavy atom. The smallest absolute Gasteiger partial charge is 0.339 e. The summed E-state index contributed by atoms with van der Waals surface area (Å²) in [5.41, 5.74) is 0.966. The predicted molar refractivity (Wildman–Crippen MR) is 57.4 cm³/mol. The van der Waals surface area contributed by atoms with Crippen LogP contribution in [-0.2, 0) is 16.0 Å². The Balaban J connectivity index is 2.94. The Morgan fingerprint density at radius 1 is 1.44 bits per heavy atom. The molecule has 1 aromatic carbocycles. The molecule has 1 aromatic rings. The number of aliphatic hydroxyl groups excluding tert-OH is 1. The molecule has 3 nitrogen and oxygen atoms in total. The summed E-state index contributed by atoms with van der Waals surface area (Å²) in [4.78, 5) is 11.3. The van der Waals surface area contributed by atoms with Crippen LogP contribution in [0.1, 0.15) is 31.1 Å². The van der Waals surface area contributed by atoms with E-state index in [9.17, 15) is 14.3 Å². The van der Waals surface area contributed by atoms with Crippen molar-refractivity contribution in [3.8, 4) is 0 Å². The molecule has 88 valence electrons. The van der Waals surface area contributed by atoms with Gasteiger partial charge in [0.05, 0.1) is 6.61 Å². The van der Waals surface area contributed by atoms with Gasteiger partial charge in [0, 0.05) is 0 Å². The van der Waals surface area contributed by atoms with Crippen molar-refractivity contribution in [1.29, 1.82) is 0 Å². The van der Waals surface area contributed by atoms with Crippen molar-refractivity contribution in [1.82, 2.24) is 0 Å². The summed E-state index contributed by atoms with van der Waals surface area (Å²) in [6, 6.07) is 4.12. The van der Waals surface area contributed by atoms with E-state index in [2.05, 4.69) is 4.74 Å². The van der Waals surface area contributed by atoms with Crippen molar-refractivity contribution in [3.05, 3.63) is 35.1 Å². The third-order valence-corrected chi connectivity index (χ3v) is 2.21. The molecule has 0 aliphatic rings. The summed E-state index contributed by atoms with van der Waals surface area (Å²) < 4.78 is 17.8. The molecule has 0 heterocycles. The standard InChI is InChI=1S/C12H15FO3/c1-3-8-5-9(7-10(13)6-8)11(14)12(15)16-4-2/h5-7,11,14H,3-4H2,1-2H3. The number of aryl methyl sites for hydroxylation is 1. The molecule has 0 aliphatic carbocycles. The molecule has 0 aliphatic heterocycles. The van der Waals surface area contributed by atoms with Crippen LogP contribution < -0.4 is 0 Å². The van der Waals surface area contributed by atoms with E-state index >= 15 is 0 Å². The van der Waals surface area contributed by atoms with Gasteiger partial charge >= 0.3 is 5.97 Å². The molecule has 1 rings (SSSR count).